The van der Waals surface area contributed by atoms with E-state index in [4.69, 9.17) is 11.6 Å². The van der Waals surface area contributed by atoms with Gasteiger partial charge in [-0.1, -0.05) is 78.1 Å². The van der Waals surface area contributed by atoms with Crippen LogP contribution in [-0.2, 0) is 0 Å². The minimum absolute atomic E-state index is 0.286. The van der Waals surface area contributed by atoms with Crippen molar-refractivity contribution < 1.29 is 0 Å². The van der Waals surface area contributed by atoms with Crippen molar-refractivity contribution in [3.05, 3.63) is 55.6 Å². The predicted octanol–water partition coefficient (Wildman–Crippen LogP) is 7.43. The lowest BCUT2D eigenvalue weighted by Crippen LogP contribution is -2.14. The number of hydrogen-bond donors (Lipinski definition) is 0. The molecule has 3 unspecified atom stereocenters. The Kier molecular flexibility index (Phi) is 6.15. The zero-order valence-corrected chi connectivity index (χ0v) is 16.2. The fraction of sp³-hybridized carbons (Fsp3) is 0.375. The third kappa shape index (κ3) is 3.68. The summed E-state index contributed by atoms with van der Waals surface area (Å²) >= 11 is 15.2. The van der Waals surface area contributed by atoms with Crippen LogP contribution in [0.5, 0.6) is 0 Å². The van der Waals surface area contributed by atoms with Crippen LogP contribution in [0.3, 0.4) is 0 Å². The second-order valence-electron chi connectivity index (χ2n) is 4.99. The Hall–Kier alpha value is 0.170. The molecule has 0 radical (unpaired) electrons. The molecule has 0 saturated heterocycles. The van der Waals surface area contributed by atoms with Gasteiger partial charge in [0.15, 0.2) is 0 Å². The van der Waals surface area contributed by atoms with Crippen LogP contribution >= 0.6 is 54.8 Å². The van der Waals surface area contributed by atoms with Crippen molar-refractivity contribution in [1.82, 2.24) is 0 Å². The van der Waals surface area contributed by atoms with Gasteiger partial charge in [0.2, 0.25) is 0 Å². The van der Waals surface area contributed by atoms with E-state index in [1.165, 1.54) is 10.4 Å². The van der Waals surface area contributed by atoms with Crippen molar-refractivity contribution in [2.45, 2.75) is 31.0 Å². The standard InChI is InChI=1S/C16H17Br2ClS/c1-3-10(2)14(11-7-5-4-6-8-11)15(18)13-9-12(17)16(19)20-13/h4-10,14-15H,3H2,1-2H3. The average Bonchev–Trinajstić information content (AvgIpc) is 2.80. The average molecular weight is 437 g/mol. The lowest BCUT2D eigenvalue weighted by atomic mass is 9.83. The van der Waals surface area contributed by atoms with E-state index in [0.717, 1.165) is 15.2 Å². The molecule has 0 nitrogen and oxygen atoms in total. The highest BCUT2D eigenvalue weighted by atomic mass is 79.9. The van der Waals surface area contributed by atoms with Crippen molar-refractivity contribution in [2.24, 2.45) is 5.92 Å². The van der Waals surface area contributed by atoms with Gasteiger partial charge < -0.3 is 0 Å². The summed E-state index contributed by atoms with van der Waals surface area (Å²) in [4.78, 5) is 1.56. The van der Waals surface area contributed by atoms with Crippen LogP contribution in [0.2, 0.25) is 4.34 Å². The van der Waals surface area contributed by atoms with E-state index in [1.807, 2.05) is 0 Å². The number of rotatable bonds is 5. The van der Waals surface area contributed by atoms with Crippen LogP contribution in [-0.4, -0.2) is 0 Å². The van der Waals surface area contributed by atoms with E-state index in [-0.39, 0.29) is 4.83 Å². The second kappa shape index (κ2) is 7.44. The highest BCUT2D eigenvalue weighted by Crippen LogP contribution is 2.48. The number of thiophene rings is 1. The monoisotopic (exact) mass is 434 g/mol. The molecular weight excluding hydrogens is 420 g/mol. The first-order valence-corrected chi connectivity index (χ1v) is 9.58. The van der Waals surface area contributed by atoms with E-state index in [0.29, 0.717) is 11.8 Å². The van der Waals surface area contributed by atoms with Crippen molar-refractivity contribution >= 4 is 54.8 Å². The van der Waals surface area contributed by atoms with Crippen LogP contribution in [0.1, 0.15) is 41.5 Å². The Balaban J connectivity index is 2.36. The lowest BCUT2D eigenvalue weighted by Gasteiger charge is -2.28. The van der Waals surface area contributed by atoms with Gasteiger partial charge in [0.05, 0.1) is 4.83 Å². The largest absolute Gasteiger partial charge is 0.126 e. The topological polar surface area (TPSA) is 0 Å². The Morgan fingerprint density at radius 2 is 1.90 bits per heavy atom. The number of alkyl halides is 1. The summed E-state index contributed by atoms with van der Waals surface area (Å²) in [6, 6.07) is 12.9. The molecule has 2 rings (SSSR count). The summed E-state index contributed by atoms with van der Waals surface area (Å²) in [5, 5.41) is 0. The quantitative estimate of drug-likeness (QED) is 0.428. The van der Waals surface area contributed by atoms with Crippen molar-refractivity contribution in [1.29, 1.82) is 0 Å². The minimum atomic E-state index is 0.286. The molecule has 0 amide bonds. The second-order valence-corrected chi connectivity index (χ2v) is 8.52. The highest BCUT2D eigenvalue weighted by molar-refractivity contribution is 9.10. The minimum Gasteiger partial charge on any atom is -0.126 e. The van der Waals surface area contributed by atoms with Gasteiger partial charge in [-0.2, -0.15) is 0 Å². The molecule has 3 atom stereocenters. The normalized spacial score (nSPS) is 15.8. The van der Waals surface area contributed by atoms with Gasteiger partial charge in [-0.25, -0.2) is 0 Å². The molecular formula is C16H17Br2ClS. The molecule has 0 spiro atoms. The molecule has 0 saturated carbocycles. The van der Waals surface area contributed by atoms with E-state index in [2.05, 4.69) is 82.1 Å². The van der Waals surface area contributed by atoms with Crippen LogP contribution in [0.15, 0.2) is 40.9 Å². The summed E-state index contributed by atoms with van der Waals surface area (Å²) < 4.78 is 1.81. The third-order valence-electron chi connectivity index (χ3n) is 3.69. The molecule has 20 heavy (non-hydrogen) atoms. The van der Waals surface area contributed by atoms with Crippen LogP contribution in [0, 0.1) is 5.92 Å². The van der Waals surface area contributed by atoms with Crippen molar-refractivity contribution in [3.8, 4) is 0 Å². The zero-order valence-electron chi connectivity index (χ0n) is 11.4. The first kappa shape index (κ1) is 16.5. The molecule has 0 bridgehead atoms. The molecule has 1 heterocycles. The van der Waals surface area contributed by atoms with Crippen LogP contribution in [0.25, 0.3) is 0 Å². The smallest absolute Gasteiger partial charge is 0.107 e. The maximum absolute atomic E-state index is 6.19. The summed E-state index contributed by atoms with van der Waals surface area (Å²) in [7, 11) is 0. The number of benzene rings is 1. The maximum atomic E-state index is 6.19. The number of halogens is 3. The SMILES string of the molecule is CCC(C)C(c1ccccc1)C(Br)c1cc(Br)c(Cl)s1. The summed E-state index contributed by atoms with van der Waals surface area (Å²) in [6.45, 7) is 4.56. The Morgan fingerprint density at radius 1 is 1.25 bits per heavy atom. The lowest BCUT2D eigenvalue weighted by molar-refractivity contribution is 0.442. The molecule has 4 heteroatoms. The fourth-order valence-electron chi connectivity index (χ4n) is 2.39. The summed E-state index contributed by atoms with van der Waals surface area (Å²) in [5.41, 5.74) is 1.38. The third-order valence-corrected chi connectivity index (χ3v) is 7.62. The van der Waals surface area contributed by atoms with Crippen molar-refractivity contribution in [2.75, 3.05) is 0 Å². The Labute approximate surface area is 146 Å². The van der Waals surface area contributed by atoms with Gasteiger partial charge in [-0.15, -0.1) is 11.3 Å². The summed E-state index contributed by atoms with van der Waals surface area (Å²) in [6.07, 6.45) is 1.15. The molecule has 0 aliphatic rings. The van der Waals surface area contributed by atoms with E-state index >= 15 is 0 Å². The molecule has 108 valence electrons. The van der Waals surface area contributed by atoms with E-state index in [9.17, 15) is 0 Å². The first-order chi connectivity index (χ1) is 9.54. The van der Waals surface area contributed by atoms with Crippen LogP contribution in [0.4, 0.5) is 0 Å². The molecule has 0 aliphatic carbocycles. The Morgan fingerprint density at radius 3 is 2.40 bits per heavy atom. The molecule has 0 fully saturated rings. The number of hydrogen-bond acceptors (Lipinski definition) is 1. The van der Waals surface area contributed by atoms with Gasteiger partial charge in [-0.3, -0.25) is 0 Å². The molecule has 2 aromatic rings. The van der Waals surface area contributed by atoms with Gasteiger partial charge in [0.1, 0.15) is 4.34 Å². The van der Waals surface area contributed by atoms with E-state index in [1.54, 1.807) is 11.3 Å². The summed E-state index contributed by atoms with van der Waals surface area (Å²) in [5.74, 6) is 1.05. The van der Waals surface area contributed by atoms with Gasteiger partial charge in [-0.05, 0) is 33.5 Å². The molecule has 0 N–H and O–H groups in total. The van der Waals surface area contributed by atoms with Gasteiger partial charge in [0, 0.05) is 15.3 Å². The maximum Gasteiger partial charge on any atom is 0.107 e. The van der Waals surface area contributed by atoms with E-state index < -0.39 is 0 Å². The van der Waals surface area contributed by atoms with Crippen molar-refractivity contribution in [3.63, 3.8) is 0 Å². The predicted molar refractivity (Wildman–Crippen MR) is 97.3 cm³/mol. The molecule has 1 aromatic heterocycles. The first-order valence-electron chi connectivity index (χ1n) is 6.68. The highest BCUT2D eigenvalue weighted by Gasteiger charge is 2.28. The molecule has 0 aliphatic heterocycles. The molecule has 1 aromatic carbocycles. The van der Waals surface area contributed by atoms with Gasteiger partial charge in [0.25, 0.3) is 0 Å². The van der Waals surface area contributed by atoms with Gasteiger partial charge >= 0.3 is 0 Å². The Bertz CT molecular complexity index is 533. The van der Waals surface area contributed by atoms with Crippen LogP contribution < -0.4 is 0 Å². The fourth-order valence-corrected chi connectivity index (χ4v) is 5.39. The zero-order chi connectivity index (χ0) is 14.7.